The lowest BCUT2D eigenvalue weighted by atomic mass is 9.87. The van der Waals surface area contributed by atoms with E-state index in [1.807, 2.05) is 15.9 Å². The van der Waals surface area contributed by atoms with Crippen LogP contribution in [0.3, 0.4) is 0 Å². The predicted molar refractivity (Wildman–Crippen MR) is 105 cm³/mol. The van der Waals surface area contributed by atoms with E-state index in [1.54, 1.807) is 11.3 Å². The van der Waals surface area contributed by atoms with Crippen molar-refractivity contribution in [3.63, 3.8) is 0 Å². The van der Waals surface area contributed by atoms with Gasteiger partial charge < -0.3 is 19.4 Å². The van der Waals surface area contributed by atoms with Crippen molar-refractivity contribution in [2.75, 3.05) is 59.0 Å². The number of ether oxygens (including phenoxy) is 1. The molecule has 6 nitrogen and oxygen atoms in total. The Kier molecular flexibility index (Phi) is 5.80. The number of hydrogen-bond donors (Lipinski definition) is 0. The minimum atomic E-state index is 0.0756. The Balaban J connectivity index is 1.39. The number of aryl methyl sites for hydroxylation is 1. The van der Waals surface area contributed by atoms with Crippen molar-refractivity contribution in [2.45, 2.75) is 26.2 Å². The first kappa shape index (κ1) is 18.9. The average Bonchev–Trinajstić information content (AvgIpc) is 3.16. The van der Waals surface area contributed by atoms with Crippen molar-refractivity contribution in [3.05, 3.63) is 21.4 Å². The van der Waals surface area contributed by atoms with Crippen LogP contribution in [0.1, 0.15) is 33.5 Å². The highest BCUT2D eigenvalue weighted by atomic mass is 32.1. The van der Waals surface area contributed by atoms with Crippen molar-refractivity contribution in [1.29, 1.82) is 0 Å². The van der Waals surface area contributed by atoms with Gasteiger partial charge in [0.15, 0.2) is 0 Å². The summed E-state index contributed by atoms with van der Waals surface area (Å²) in [5, 5.41) is 0. The third kappa shape index (κ3) is 4.05. The van der Waals surface area contributed by atoms with Gasteiger partial charge >= 0.3 is 0 Å². The molecule has 1 unspecified atom stereocenters. The Morgan fingerprint density at radius 2 is 1.85 bits per heavy atom. The molecule has 2 saturated heterocycles. The van der Waals surface area contributed by atoms with Crippen molar-refractivity contribution >= 4 is 23.2 Å². The molecule has 1 aromatic heterocycles. The Labute approximate surface area is 165 Å². The minimum absolute atomic E-state index is 0.0756. The van der Waals surface area contributed by atoms with Crippen LogP contribution in [0.25, 0.3) is 0 Å². The fourth-order valence-electron chi connectivity index (χ4n) is 4.30. The molecule has 148 valence electrons. The highest BCUT2D eigenvalue weighted by molar-refractivity contribution is 7.14. The summed E-state index contributed by atoms with van der Waals surface area (Å²) in [4.78, 5) is 34.2. The molecular formula is C20H29N3O3S. The number of fused-ring (bicyclic) bond motifs is 1. The number of hydrogen-bond acceptors (Lipinski definition) is 5. The lowest BCUT2D eigenvalue weighted by molar-refractivity contribution is -0.137. The summed E-state index contributed by atoms with van der Waals surface area (Å²) in [7, 11) is 0. The van der Waals surface area contributed by atoms with Crippen molar-refractivity contribution < 1.29 is 14.3 Å². The van der Waals surface area contributed by atoms with E-state index in [1.165, 1.54) is 10.4 Å². The van der Waals surface area contributed by atoms with E-state index in [0.717, 1.165) is 56.9 Å². The molecule has 1 atom stereocenters. The fraction of sp³-hybridized carbons (Fsp3) is 0.700. The standard InChI is InChI=1S/C20H29N3O3S/c1-2-21-5-7-22(8-6-21)19(24)15-3-4-17-16(13-15)14-18(27-17)20(25)23-9-11-26-12-10-23/h14-15H,2-13H2,1H3. The maximum absolute atomic E-state index is 13.0. The summed E-state index contributed by atoms with van der Waals surface area (Å²) in [6.45, 7) is 9.49. The third-order valence-electron chi connectivity index (χ3n) is 6.07. The van der Waals surface area contributed by atoms with Gasteiger partial charge in [-0.15, -0.1) is 11.3 Å². The molecule has 2 aliphatic heterocycles. The minimum Gasteiger partial charge on any atom is -0.378 e. The van der Waals surface area contributed by atoms with Gasteiger partial charge in [-0.2, -0.15) is 0 Å². The number of rotatable bonds is 3. The topological polar surface area (TPSA) is 53.1 Å². The molecule has 0 spiro atoms. The van der Waals surface area contributed by atoms with Crippen molar-refractivity contribution in [3.8, 4) is 0 Å². The predicted octanol–water partition coefficient (Wildman–Crippen LogP) is 1.49. The Morgan fingerprint density at radius 1 is 1.11 bits per heavy atom. The smallest absolute Gasteiger partial charge is 0.264 e. The van der Waals surface area contributed by atoms with Crippen LogP contribution in [0.4, 0.5) is 0 Å². The maximum atomic E-state index is 13.0. The normalized spacial score (nSPS) is 24.0. The Morgan fingerprint density at radius 3 is 2.56 bits per heavy atom. The van der Waals surface area contributed by atoms with Gasteiger partial charge in [0, 0.05) is 50.1 Å². The number of amides is 2. The molecule has 0 aromatic carbocycles. The van der Waals surface area contributed by atoms with E-state index in [2.05, 4.69) is 11.8 Å². The van der Waals surface area contributed by atoms with Crippen LogP contribution in [0.5, 0.6) is 0 Å². The van der Waals surface area contributed by atoms with Crippen LogP contribution in [-0.4, -0.2) is 85.5 Å². The van der Waals surface area contributed by atoms with Crippen LogP contribution >= 0.6 is 11.3 Å². The second-order valence-corrected chi connectivity index (χ2v) is 8.80. The lowest BCUT2D eigenvalue weighted by Crippen LogP contribution is -2.50. The first-order valence-electron chi connectivity index (χ1n) is 10.2. The molecule has 3 aliphatic rings. The van der Waals surface area contributed by atoms with Gasteiger partial charge in [-0.05, 0) is 37.4 Å². The summed E-state index contributed by atoms with van der Waals surface area (Å²) in [5.74, 6) is 0.506. The molecule has 3 heterocycles. The van der Waals surface area contributed by atoms with Crippen LogP contribution < -0.4 is 0 Å². The van der Waals surface area contributed by atoms with Crippen LogP contribution in [0, 0.1) is 5.92 Å². The molecule has 2 fully saturated rings. The summed E-state index contributed by atoms with van der Waals surface area (Å²) >= 11 is 1.63. The molecular weight excluding hydrogens is 362 g/mol. The van der Waals surface area contributed by atoms with E-state index in [9.17, 15) is 9.59 Å². The van der Waals surface area contributed by atoms with Crippen molar-refractivity contribution in [2.24, 2.45) is 5.92 Å². The van der Waals surface area contributed by atoms with Crippen molar-refractivity contribution in [1.82, 2.24) is 14.7 Å². The van der Waals surface area contributed by atoms with Crippen LogP contribution in [-0.2, 0) is 22.4 Å². The van der Waals surface area contributed by atoms with E-state index in [0.29, 0.717) is 32.2 Å². The second-order valence-electron chi connectivity index (χ2n) is 7.66. The average molecular weight is 392 g/mol. The number of thiophene rings is 1. The van der Waals surface area contributed by atoms with E-state index >= 15 is 0 Å². The number of morpholine rings is 1. The molecule has 27 heavy (non-hydrogen) atoms. The van der Waals surface area contributed by atoms with Gasteiger partial charge in [0.05, 0.1) is 18.1 Å². The van der Waals surface area contributed by atoms with Gasteiger partial charge in [0.1, 0.15) is 0 Å². The molecule has 1 aromatic rings. The van der Waals surface area contributed by atoms with E-state index in [4.69, 9.17) is 4.74 Å². The first-order chi connectivity index (χ1) is 13.2. The van der Waals surface area contributed by atoms with Gasteiger partial charge in [0.2, 0.25) is 5.91 Å². The molecule has 0 bridgehead atoms. The molecule has 4 rings (SSSR count). The number of piperazine rings is 1. The summed E-state index contributed by atoms with van der Waals surface area (Å²) in [5.41, 5.74) is 1.22. The lowest BCUT2D eigenvalue weighted by Gasteiger charge is -2.36. The molecule has 2 amide bonds. The molecule has 7 heteroatoms. The first-order valence-corrected chi connectivity index (χ1v) is 11.0. The van der Waals surface area contributed by atoms with Crippen LogP contribution in [0.2, 0.25) is 0 Å². The molecule has 0 radical (unpaired) electrons. The quantitative estimate of drug-likeness (QED) is 0.783. The van der Waals surface area contributed by atoms with Crippen LogP contribution in [0.15, 0.2) is 6.07 Å². The summed E-state index contributed by atoms with van der Waals surface area (Å²) in [6.07, 6.45) is 2.61. The molecule has 0 saturated carbocycles. The van der Waals surface area contributed by atoms with E-state index < -0.39 is 0 Å². The number of nitrogens with zero attached hydrogens (tertiary/aromatic N) is 3. The van der Waals surface area contributed by atoms with Gasteiger partial charge in [0.25, 0.3) is 5.91 Å². The Hall–Kier alpha value is -1.44. The SMILES string of the molecule is CCN1CCN(C(=O)C2CCc3sc(C(=O)N4CCOCC4)cc3C2)CC1. The number of carbonyl (C=O) groups is 2. The maximum Gasteiger partial charge on any atom is 0.264 e. The summed E-state index contributed by atoms with van der Waals surface area (Å²) in [6, 6.07) is 2.05. The molecule has 1 aliphatic carbocycles. The van der Waals surface area contributed by atoms with Gasteiger partial charge in [-0.3, -0.25) is 9.59 Å². The second kappa shape index (κ2) is 8.29. The van der Waals surface area contributed by atoms with Gasteiger partial charge in [-0.1, -0.05) is 6.92 Å². The number of carbonyl (C=O) groups excluding carboxylic acids is 2. The van der Waals surface area contributed by atoms with Gasteiger partial charge in [-0.25, -0.2) is 0 Å². The molecule has 0 N–H and O–H groups in total. The Bertz CT molecular complexity index is 691. The highest BCUT2D eigenvalue weighted by Crippen LogP contribution is 2.34. The zero-order valence-corrected chi connectivity index (χ0v) is 16.9. The fourth-order valence-corrected chi connectivity index (χ4v) is 5.48. The summed E-state index contributed by atoms with van der Waals surface area (Å²) < 4.78 is 5.34. The zero-order valence-electron chi connectivity index (χ0n) is 16.1. The monoisotopic (exact) mass is 391 g/mol. The highest BCUT2D eigenvalue weighted by Gasteiger charge is 2.32. The van der Waals surface area contributed by atoms with E-state index in [-0.39, 0.29) is 11.8 Å². The largest absolute Gasteiger partial charge is 0.378 e. The number of likely N-dealkylation sites (N-methyl/N-ethyl adjacent to an activating group) is 1. The zero-order chi connectivity index (χ0) is 18.8. The third-order valence-corrected chi connectivity index (χ3v) is 7.30.